The third kappa shape index (κ3) is 3.29. The molecule has 1 amide bonds. The van der Waals surface area contributed by atoms with Crippen molar-refractivity contribution in [1.82, 2.24) is 10.2 Å². The molecule has 140 valence electrons. The van der Waals surface area contributed by atoms with E-state index in [4.69, 9.17) is 8.83 Å². The zero-order chi connectivity index (χ0) is 19.7. The summed E-state index contributed by atoms with van der Waals surface area (Å²) in [6, 6.07) is 13.5. The second kappa shape index (κ2) is 7.11. The second-order valence-corrected chi connectivity index (χ2v) is 6.33. The van der Waals surface area contributed by atoms with E-state index in [1.54, 1.807) is 24.3 Å². The van der Waals surface area contributed by atoms with Crippen LogP contribution in [0.1, 0.15) is 21.5 Å². The number of aryl methyl sites for hydroxylation is 2. The molecular formula is C21H16FN3O3. The average molecular weight is 377 g/mol. The van der Waals surface area contributed by atoms with Gasteiger partial charge in [0.25, 0.3) is 17.7 Å². The molecule has 7 heteroatoms. The van der Waals surface area contributed by atoms with E-state index in [1.165, 1.54) is 18.4 Å². The highest BCUT2D eigenvalue weighted by Gasteiger charge is 2.19. The Hall–Kier alpha value is -3.74. The first kappa shape index (κ1) is 17.7. The lowest BCUT2D eigenvalue weighted by Gasteiger charge is -2.10. The molecule has 6 nitrogen and oxygen atoms in total. The molecule has 4 aromatic rings. The van der Waals surface area contributed by atoms with Crippen molar-refractivity contribution in [3.63, 3.8) is 0 Å². The number of carbonyl (C=O) groups is 1. The number of benzene rings is 2. The first-order valence-corrected chi connectivity index (χ1v) is 8.58. The Balaban J connectivity index is 1.64. The van der Waals surface area contributed by atoms with Crippen LogP contribution in [0.4, 0.5) is 10.1 Å². The number of halogens is 1. The molecule has 0 aliphatic heterocycles. The van der Waals surface area contributed by atoms with Gasteiger partial charge in [-0.3, -0.25) is 4.79 Å². The number of anilines is 1. The van der Waals surface area contributed by atoms with E-state index in [0.29, 0.717) is 11.3 Å². The van der Waals surface area contributed by atoms with Crippen LogP contribution < -0.4 is 5.32 Å². The minimum Gasteiger partial charge on any atom is -0.459 e. The number of carbonyl (C=O) groups excluding carboxylic acids is 1. The molecule has 2 aromatic carbocycles. The first-order chi connectivity index (χ1) is 13.5. The smallest absolute Gasteiger partial charge is 0.283 e. The van der Waals surface area contributed by atoms with E-state index in [9.17, 15) is 9.18 Å². The number of hydrogen-bond acceptors (Lipinski definition) is 5. The fourth-order valence-corrected chi connectivity index (χ4v) is 2.80. The maximum Gasteiger partial charge on any atom is 0.283 e. The van der Waals surface area contributed by atoms with Crippen molar-refractivity contribution in [1.29, 1.82) is 0 Å². The number of aromatic nitrogens is 2. The molecule has 28 heavy (non-hydrogen) atoms. The number of furan rings is 1. The molecule has 0 radical (unpaired) electrons. The fraction of sp³-hybridized carbons (Fsp3) is 0.0952. The summed E-state index contributed by atoms with van der Waals surface area (Å²) in [5.41, 5.74) is 2.36. The maximum atomic E-state index is 15.0. The Morgan fingerprint density at radius 2 is 1.86 bits per heavy atom. The van der Waals surface area contributed by atoms with E-state index < -0.39 is 5.82 Å². The maximum absolute atomic E-state index is 15.0. The first-order valence-electron chi connectivity index (χ1n) is 8.58. The largest absolute Gasteiger partial charge is 0.459 e. The lowest BCUT2D eigenvalue weighted by Crippen LogP contribution is -2.14. The van der Waals surface area contributed by atoms with E-state index in [1.807, 2.05) is 26.0 Å². The highest BCUT2D eigenvalue weighted by atomic mass is 19.1. The molecule has 0 saturated heterocycles. The van der Waals surface area contributed by atoms with Gasteiger partial charge in [-0.2, -0.15) is 0 Å². The van der Waals surface area contributed by atoms with E-state index in [0.717, 1.165) is 11.1 Å². The molecule has 0 fully saturated rings. The van der Waals surface area contributed by atoms with Gasteiger partial charge >= 0.3 is 0 Å². The lowest BCUT2D eigenvalue weighted by molar-refractivity contribution is 0.102. The van der Waals surface area contributed by atoms with Crippen LogP contribution in [-0.4, -0.2) is 16.1 Å². The van der Waals surface area contributed by atoms with Crippen LogP contribution in [0.15, 0.2) is 63.6 Å². The second-order valence-electron chi connectivity index (χ2n) is 6.33. The Kier molecular flexibility index (Phi) is 4.49. The summed E-state index contributed by atoms with van der Waals surface area (Å²) in [7, 11) is 0. The standard InChI is InChI=1S/C21H16FN3O3/c1-12-8-9-13(2)15(11-12)19(26)23-16-6-3-5-14(18(16)22)20-24-25-21(28-20)17-7-4-10-27-17/h3-11H,1-2H3,(H,23,26). The molecule has 0 bridgehead atoms. The Bertz CT molecular complexity index is 1150. The van der Waals surface area contributed by atoms with Crippen molar-refractivity contribution in [2.24, 2.45) is 0 Å². The molecule has 0 aliphatic rings. The highest BCUT2D eigenvalue weighted by molar-refractivity contribution is 6.05. The molecule has 0 aliphatic carbocycles. The van der Waals surface area contributed by atoms with Gasteiger partial charge in [-0.1, -0.05) is 23.8 Å². The third-order valence-electron chi connectivity index (χ3n) is 4.27. The Labute approximate surface area is 160 Å². The van der Waals surface area contributed by atoms with Crippen molar-refractivity contribution in [3.05, 3.63) is 77.3 Å². The predicted molar refractivity (Wildman–Crippen MR) is 101 cm³/mol. The number of nitrogens with one attached hydrogen (secondary N) is 1. The number of hydrogen-bond donors (Lipinski definition) is 1. The van der Waals surface area contributed by atoms with Gasteiger partial charge in [0.2, 0.25) is 0 Å². The van der Waals surface area contributed by atoms with E-state index in [2.05, 4.69) is 15.5 Å². The van der Waals surface area contributed by atoms with Crippen LogP contribution in [0.5, 0.6) is 0 Å². The Morgan fingerprint density at radius 1 is 1.04 bits per heavy atom. The molecule has 0 unspecified atom stereocenters. The van der Waals surface area contributed by atoms with Crippen LogP contribution in [0.2, 0.25) is 0 Å². The fourth-order valence-electron chi connectivity index (χ4n) is 2.80. The summed E-state index contributed by atoms with van der Waals surface area (Å²) >= 11 is 0. The highest BCUT2D eigenvalue weighted by Crippen LogP contribution is 2.29. The van der Waals surface area contributed by atoms with Crippen LogP contribution in [-0.2, 0) is 0 Å². The molecule has 1 N–H and O–H groups in total. The van der Waals surface area contributed by atoms with Gasteiger partial charge in [0, 0.05) is 5.56 Å². The molecule has 2 heterocycles. The molecule has 0 spiro atoms. The van der Waals surface area contributed by atoms with Crippen molar-refractivity contribution in [2.75, 3.05) is 5.32 Å². The van der Waals surface area contributed by atoms with Crippen LogP contribution in [0.25, 0.3) is 23.1 Å². The predicted octanol–water partition coefficient (Wildman–Crippen LogP) is 5.00. The summed E-state index contributed by atoms with van der Waals surface area (Å²) < 4.78 is 25.7. The SMILES string of the molecule is Cc1ccc(C)c(C(=O)Nc2cccc(-c3nnc(-c4ccco4)o3)c2F)c1. The van der Waals surface area contributed by atoms with Gasteiger partial charge in [0.05, 0.1) is 17.5 Å². The summed E-state index contributed by atoms with van der Waals surface area (Å²) in [6.45, 7) is 3.72. The monoisotopic (exact) mass is 377 g/mol. The van der Waals surface area contributed by atoms with Gasteiger partial charge in [0.1, 0.15) is 0 Å². The van der Waals surface area contributed by atoms with Crippen molar-refractivity contribution in [3.8, 4) is 23.1 Å². The summed E-state index contributed by atoms with van der Waals surface area (Å²) in [5.74, 6) is -0.524. The third-order valence-corrected chi connectivity index (χ3v) is 4.27. The van der Waals surface area contributed by atoms with Crippen LogP contribution in [0, 0.1) is 19.7 Å². The Morgan fingerprint density at radius 3 is 2.64 bits per heavy atom. The van der Waals surface area contributed by atoms with Crippen molar-refractivity contribution >= 4 is 11.6 Å². The number of nitrogens with zero attached hydrogens (tertiary/aromatic N) is 2. The van der Waals surface area contributed by atoms with Crippen LogP contribution >= 0.6 is 0 Å². The molecule has 0 saturated carbocycles. The summed E-state index contributed by atoms with van der Waals surface area (Å²) in [4.78, 5) is 12.6. The minimum atomic E-state index is -0.657. The lowest BCUT2D eigenvalue weighted by atomic mass is 10.0. The van der Waals surface area contributed by atoms with Crippen molar-refractivity contribution < 1.29 is 18.0 Å². The molecule has 2 aromatic heterocycles. The zero-order valence-corrected chi connectivity index (χ0v) is 15.2. The van der Waals surface area contributed by atoms with E-state index in [-0.39, 0.29) is 28.9 Å². The van der Waals surface area contributed by atoms with Gasteiger partial charge in [0.15, 0.2) is 11.6 Å². The molecule has 0 atom stereocenters. The quantitative estimate of drug-likeness (QED) is 0.541. The van der Waals surface area contributed by atoms with Crippen LogP contribution in [0.3, 0.4) is 0 Å². The number of amides is 1. The minimum absolute atomic E-state index is 0.00765. The zero-order valence-electron chi connectivity index (χ0n) is 15.2. The topological polar surface area (TPSA) is 81.2 Å². The van der Waals surface area contributed by atoms with Crippen molar-refractivity contribution in [2.45, 2.75) is 13.8 Å². The summed E-state index contributed by atoms with van der Waals surface area (Å²) in [6.07, 6.45) is 1.48. The summed E-state index contributed by atoms with van der Waals surface area (Å²) in [5, 5.41) is 10.4. The number of rotatable bonds is 4. The normalized spacial score (nSPS) is 10.8. The van der Waals surface area contributed by atoms with Gasteiger partial charge in [-0.05, 0) is 49.7 Å². The van der Waals surface area contributed by atoms with Gasteiger partial charge in [-0.25, -0.2) is 4.39 Å². The molecular weight excluding hydrogens is 361 g/mol. The average Bonchev–Trinajstić information content (AvgIpc) is 3.36. The van der Waals surface area contributed by atoms with E-state index >= 15 is 0 Å². The van der Waals surface area contributed by atoms with Gasteiger partial charge < -0.3 is 14.2 Å². The van der Waals surface area contributed by atoms with Gasteiger partial charge in [-0.15, -0.1) is 10.2 Å². The molecule has 4 rings (SSSR count).